The van der Waals surface area contributed by atoms with Crippen LogP contribution in [0.1, 0.15) is 38.8 Å². The summed E-state index contributed by atoms with van der Waals surface area (Å²) in [5.74, 6) is 0. The second-order valence-corrected chi connectivity index (χ2v) is 9.49. The van der Waals surface area contributed by atoms with E-state index in [9.17, 15) is 0 Å². The number of nitrogens with two attached hydrogens (primary N) is 2. The van der Waals surface area contributed by atoms with Crippen LogP contribution in [0.25, 0.3) is 0 Å². The van der Waals surface area contributed by atoms with Gasteiger partial charge in [0.2, 0.25) is 0 Å². The second-order valence-electron chi connectivity index (χ2n) is 6.25. The highest BCUT2D eigenvalue weighted by Crippen LogP contribution is 2.32. The lowest BCUT2D eigenvalue weighted by Crippen LogP contribution is -1.97. The van der Waals surface area contributed by atoms with E-state index in [0.717, 1.165) is 17.8 Å². The van der Waals surface area contributed by atoms with Crippen LogP contribution in [0.4, 0.5) is 11.4 Å². The summed E-state index contributed by atoms with van der Waals surface area (Å²) >= 11 is 3.63. The fourth-order valence-corrected chi connectivity index (χ4v) is 4.19. The van der Waals surface area contributed by atoms with Crippen molar-refractivity contribution < 1.29 is 0 Å². The highest BCUT2D eigenvalue weighted by molar-refractivity contribution is 8.00. The summed E-state index contributed by atoms with van der Waals surface area (Å²) in [5.41, 5.74) is 16.5. The van der Waals surface area contributed by atoms with E-state index in [1.807, 2.05) is 35.7 Å². The Morgan fingerprint density at radius 2 is 1.13 bits per heavy atom. The molecule has 0 heterocycles. The highest BCUT2D eigenvalue weighted by Gasteiger charge is 2.08. The maximum Gasteiger partial charge on any atom is 0.0452 e. The summed E-state index contributed by atoms with van der Waals surface area (Å²) < 4.78 is 0. The Hall–Kier alpha value is -1.26. The SMILES string of the molecule is CC(C)Sc1cc(Cc2ccc(N)c(SC(C)C)c2)ccc1N. The van der Waals surface area contributed by atoms with Crippen molar-refractivity contribution in [2.45, 2.75) is 54.4 Å². The molecule has 0 saturated carbocycles. The molecule has 0 saturated heterocycles. The summed E-state index contributed by atoms with van der Waals surface area (Å²) in [5, 5.41) is 1.05. The van der Waals surface area contributed by atoms with Crippen molar-refractivity contribution >= 4 is 34.9 Å². The van der Waals surface area contributed by atoms with Crippen LogP contribution in [-0.2, 0) is 6.42 Å². The number of rotatable bonds is 6. The first kappa shape index (κ1) is 18.1. The molecule has 0 unspecified atom stereocenters. The first-order valence-corrected chi connectivity index (χ1v) is 9.71. The minimum Gasteiger partial charge on any atom is -0.398 e. The van der Waals surface area contributed by atoms with Crippen LogP contribution in [0.3, 0.4) is 0 Å². The normalized spacial score (nSPS) is 11.4. The van der Waals surface area contributed by atoms with Gasteiger partial charge in [-0.1, -0.05) is 39.8 Å². The molecule has 2 aromatic carbocycles. The monoisotopic (exact) mass is 346 g/mol. The molecule has 4 N–H and O–H groups in total. The van der Waals surface area contributed by atoms with Gasteiger partial charge in [0.05, 0.1) is 0 Å². The van der Waals surface area contributed by atoms with Crippen molar-refractivity contribution in [2.75, 3.05) is 11.5 Å². The van der Waals surface area contributed by atoms with Crippen molar-refractivity contribution in [1.29, 1.82) is 0 Å². The van der Waals surface area contributed by atoms with Gasteiger partial charge in [-0.25, -0.2) is 0 Å². The van der Waals surface area contributed by atoms with Crippen molar-refractivity contribution in [1.82, 2.24) is 0 Å². The predicted octanol–water partition coefficient (Wildman–Crippen LogP) is 5.44. The molecule has 0 radical (unpaired) electrons. The van der Waals surface area contributed by atoms with Crippen molar-refractivity contribution in [3.63, 3.8) is 0 Å². The molecule has 0 spiro atoms. The van der Waals surface area contributed by atoms with Crippen molar-refractivity contribution in [3.8, 4) is 0 Å². The molecule has 0 aromatic heterocycles. The highest BCUT2D eigenvalue weighted by atomic mass is 32.2. The Kier molecular flexibility index (Phi) is 6.31. The molecule has 2 nitrogen and oxygen atoms in total. The third kappa shape index (κ3) is 5.40. The number of nitrogen functional groups attached to an aromatic ring is 2. The van der Waals surface area contributed by atoms with E-state index in [0.29, 0.717) is 10.5 Å². The largest absolute Gasteiger partial charge is 0.398 e. The lowest BCUT2D eigenvalue weighted by atomic mass is 10.0. The zero-order chi connectivity index (χ0) is 17.0. The minimum atomic E-state index is 0.526. The number of hydrogen-bond donors (Lipinski definition) is 2. The maximum atomic E-state index is 6.09. The Bertz CT molecular complexity index is 609. The van der Waals surface area contributed by atoms with Gasteiger partial charge >= 0.3 is 0 Å². The molecule has 0 amide bonds. The molecule has 4 heteroatoms. The molecule has 2 rings (SSSR count). The van der Waals surface area contributed by atoms with E-state index in [1.54, 1.807) is 0 Å². The third-order valence-electron chi connectivity index (χ3n) is 3.29. The van der Waals surface area contributed by atoms with Gasteiger partial charge in [0.15, 0.2) is 0 Å². The van der Waals surface area contributed by atoms with E-state index >= 15 is 0 Å². The van der Waals surface area contributed by atoms with Gasteiger partial charge in [0.1, 0.15) is 0 Å². The molecule has 0 fully saturated rings. The summed E-state index contributed by atoms with van der Waals surface area (Å²) in [4.78, 5) is 2.34. The van der Waals surface area contributed by atoms with Crippen LogP contribution in [0.5, 0.6) is 0 Å². The number of thioether (sulfide) groups is 2. The van der Waals surface area contributed by atoms with Gasteiger partial charge in [0, 0.05) is 31.7 Å². The second kappa shape index (κ2) is 8.02. The zero-order valence-corrected chi connectivity index (χ0v) is 15.9. The summed E-state index contributed by atoms with van der Waals surface area (Å²) in [6.45, 7) is 8.75. The fraction of sp³-hybridized carbons (Fsp3) is 0.368. The Labute approximate surface area is 148 Å². The molecule has 0 aliphatic rings. The summed E-state index contributed by atoms with van der Waals surface area (Å²) in [6, 6.07) is 12.7. The first-order valence-electron chi connectivity index (χ1n) is 7.95. The average Bonchev–Trinajstić information content (AvgIpc) is 2.45. The molecule has 0 bridgehead atoms. The Morgan fingerprint density at radius 3 is 1.48 bits per heavy atom. The molecule has 0 atom stereocenters. The van der Waals surface area contributed by atoms with Crippen LogP contribution in [0, 0.1) is 0 Å². The van der Waals surface area contributed by atoms with Crippen LogP contribution < -0.4 is 11.5 Å². The smallest absolute Gasteiger partial charge is 0.0452 e. The van der Waals surface area contributed by atoms with Crippen LogP contribution in [-0.4, -0.2) is 10.5 Å². The van der Waals surface area contributed by atoms with E-state index in [4.69, 9.17) is 11.5 Å². The lowest BCUT2D eigenvalue weighted by molar-refractivity contribution is 1.10. The summed E-state index contributed by atoms with van der Waals surface area (Å²) in [7, 11) is 0. The molecule has 23 heavy (non-hydrogen) atoms. The Balaban J connectivity index is 2.22. The minimum absolute atomic E-state index is 0.526. The van der Waals surface area contributed by atoms with Crippen LogP contribution >= 0.6 is 23.5 Å². The number of hydrogen-bond acceptors (Lipinski definition) is 4. The number of benzene rings is 2. The van der Waals surface area contributed by atoms with Gasteiger partial charge in [-0.05, 0) is 41.8 Å². The average molecular weight is 347 g/mol. The standard InChI is InChI=1S/C19H26N2S2/c1-12(2)22-18-10-14(5-7-16(18)20)9-15-6-8-17(21)19(11-15)23-13(3)4/h5-8,10-13H,9,20-21H2,1-4H3. The van der Waals surface area contributed by atoms with E-state index in [1.165, 1.54) is 20.9 Å². The van der Waals surface area contributed by atoms with E-state index in [-0.39, 0.29) is 0 Å². The molecule has 2 aromatic rings. The zero-order valence-electron chi connectivity index (χ0n) is 14.3. The van der Waals surface area contributed by atoms with Crippen molar-refractivity contribution in [3.05, 3.63) is 47.5 Å². The van der Waals surface area contributed by atoms with E-state index < -0.39 is 0 Å². The third-order valence-corrected chi connectivity index (χ3v) is 5.45. The van der Waals surface area contributed by atoms with Gasteiger partial charge in [-0.3, -0.25) is 0 Å². The van der Waals surface area contributed by atoms with Gasteiger partial charge < -0.3 is 11.5 Å². The van der Waals surface area contributed by atoms with Gasteiger partial charge in [-0.2, -0.15) is 0 Å². The lowest BCUT2D eigenvalue weighted by Gasteiger charge is -2.12. The first-order chi connectivity index (χ1) is 10.8. The van der Waals surface area contributed by atoms with Crippen LogP contribution in [0.15, 0.2) is 46.2 Å². The quantitative estimate of drug-likeness (QED) is 0.540. The maximum absolute atomic E-state index is 6.09. The fourth-order valence-electron chi connectivity index (χ4n) is 2.33. The molecule has 0 aliphatic carbocycles. The van der Waals surface area contributed by atoms with Gasteiger partial charge in [-0.15, -0.1) is 23.5 Å². The van der Waals surface area contributed by atoms with Crippen molar-refractivity contribution in [2.24, 2.45) is 0 Å². The summed E-state index contributed by atoms with van der Waals surface area (Å²) in [6.07, 6.45) is 0.901. The predicted molar refractivity (Wildman–Crippen MR) is 107 cm³/mol. The number of anilines is 2. The molecule has 0 aliphatic heterocycles. The van der Waals surface area contributed by atoms with Crippen LogP contribution in [0.2, 0.25) is 0 Å². The molecular formula is C19H26N2S2. The topological polar surface area (TPSA) is 52.0 Å². The molecular weight excluding hydrogens is 320 g/mol. The molecule has 124 valence electrons. The Morgan fingerprint density at radius 1 is 0.739 bits per heavy atom. The van der Waals surface area contributed by atoms with Gasteiger partial charge in [0.25, 0.3) is 0 Å². The van der Waals surface area contributed by atoms with E-state index in [2.05, 4.69) is 52.0 Å².